The minimum absolute atomic E-state index is 0.348. The second-order valence-electron chi connectivity index (χ2n) is 3.28. The summed E-state index contributed by atoms with van der Waals surface area (Å²) in [5, 5.41) is 0. The summed E-state index contributed by atoms with van der Waals surface area (Å²) >= 11 is 0. The lowest BCUT2D eigenvalue weighted by atomic mass is 10.4. The number of nitrogens with zero attached hydrogens (tertiary/aromatic N) is 3. The van der Waals surface area contributed by atoms with Crippen LogP contribution in [0, 0.1) is 0 Å². The fraction of sp³-hybridized carbons (Fsp3) is 0.333. The number of hydrogen-bond acceptors (Lipinski definition) is 5. The van der Waals surface area contributed by atoms with Crippen molar-refractivity contribution in [3.8, 4) is 0 Å². The molecule has 0 saturated carbocycles. The van der Waals surface area contributed by atoms with Gasteiger partial charge in [-0.05, 0) is 6.08 Å². The number of ether oxygens (including phenoxy) is 1. The summed E-state index contributed by atoms with van der Waals surface area (Å²) in [7, 11) is 0.521. The predicted octanol–water partition coefficient (Wildman–Crippen LogP) is -0.276. The molecule has 0 bridgehead atoms. The lowest BCUT2D eigenvalue weighted by molar-refractivity contribution is -0.134. The summed E-state index contributed by atoms with van der Waals surface area (Å²) < 4.78 is 29.8. The third-order valence-electron chi connectivity index (χ3n) is 1.90. The predicted molar refractivity (Wildman–Crippen MR) is 61.3 cm³/mol. The molecule has 0 spiro atoms. The van der Waals surface area contributed by atoms with Gasteiger partial charge in [0.05, 0.1) is 12.8 Å². The van der Waals surface area contributed by atoms with E-state index < -0.39 is 16.2 Å². The number of methoxy groups -OCH3 is 1. The van der Waals surface area contributed by atoms with Crippen molar-refractivity contribution in [2.24, 2.45) is 0 Å². The van der Waals surface area contributed by atoms with Crippen LogP contribution in [0.1, 0.15) is 5.69 Å². The molecule has 1 heterocycles. The normalized spacial score (nSPS) is 12.2. The Kier molecular flexibility index (Phi) is 4.02. The molecule has 0 saturated heterocycles. The number of hydrogen-bond donors (Lipinski definition) is 0. The quantitative estimate of drug-likeness (QED) is 0.549. The van der Waals surface area contributed by atoms with Crippen LogP contribution in [0.2, 0.25) is 0 Å². The molecule has 0 aromatic carbocycles. The maximum absolute atomic E-state index is 11.7. The van der Waals surface area contributed by atoms with Crippen LogP contribution in [0.5, 0.6) is 0 Å². The lowest BCUT2D eigenvalue weighted by Gasteiger charge is -2.10. The molecule has 0 aliphatic rings. The average Bonchev–Trinajstić information content (AvgIpc) is 2.74. The van der Waals surface area contributed by atoms with Crippen LogP contribution in [-0.2, 0) is 19.7 Å². The molecule has 1 rings (SSSR count). The fourth-order valence-electron chi connectivity index (χ4n) is 0.943. The Hall–Kier alpha value is -1.67. The molecule has 17 heavy (non-hydrogen) atoms. The number of imidazole rings is 1. The van der Waals surface area contributed by atoms with E-state index >= 15 is 0 Å². The van der Waals surface area contributed by atoms with Crippen molar-refractivity contribution in [1.29, 1.82) is 0 Å². The molecule has 0 atom stereocenters. The second kappa shape index (κ2) is 5.11. The number of aromatic nitrogens is 2. The molecule has 1 aromatic rings. The molecule has 8 heteroatoms. The SMILES string of the molecule is COC(=O)C=Cc1cn(S(=O)(=O)N(C)C)cn1. The summed E-state index contributed by atoms with van der Waals surface area (Å²) in [5.41, 5.74) is 0.348. The molecule has 0 radical (unpaired) electrons. The van der Waals surface area contributed by atoms with Gasteiger partial charge in [-0.3, -0.25) is 0 Å². The molecule has 0 fully saturated rings. The van der Waals surface area contributed by atoms with Crippen molar-refractivity contribution in [3.05, 3.63) is 24.3 Å². The van der Waals surface area contributed by atoms with Gasteiger partial charge in [0.1, 0.15) is 6.33 Å². The zero-order valence-corrected chi connectivity index (χ0v) is 10.5. The molecule has 94 valence electrons. The Morgan fingerprint density at radius 3 is 2.71 bits per heavy atom. The standard InChI is InChI=1S/C9H13N3O4S/c1-11(2)17(14,15)12-6-8(10-7-12)4-5-9(13)16-3/h4-7H,1-3H3. The van der Waals surface area contributed by atoms with E-state index in [4.69, 9.17) is 0 Å². The maximum atomic E-state index is 11.7. The Balaban J connectivity index is 2.94. The van der Waals surface area contributed by atoms with Gasteiger partial charge in [-0.1, -0.05) is 0 Å². The molecular weight excluding hydrogens is 246 g/mol. The maximum Gasteiger partial charge on any atom is 0.330 e. The highest BCUT2D eigenvalue weighted by Gasteiger charge is 2.15. The Bertz CT molecular complexity index is 530. The topological polar surface area (TPSA) is 81.5 Å². The molecule has 1 aromatic heterocycles. The van der Waals surface area contributed by atoms with Gasteiger partial charge in [-0.15, -0.1) is 0 Å². The smallest absolute Gasteiger partial charge is 0.330 e. The van der Waals surface area contributed by atoms with E-state index in [1.165, 1.54) is 33.5 Å². The van der Waals surface area contributed by atoms with E-state index in [-0.39, 0.29) is 0 Å². The summed E-state index contributed by atoms with van der Waals surface area (Å²) in [5.74, 6) is -0.532. The number of esters is 1. The van der Waals surface area contributed by atoms with Crippen LogP contribution in [0.25, 0.3) is 6.08 Å². The van der Waals surface area contributed by atoms with Crippen molar-refractivity contribution >= 4 is 22.3 Å². The van der Waals surface area contributed by atoms with Crippen LogP contribution < -0.4 is 0 Å². The van der Waals surface area contributed by atoms with Crippen molar-refractivity contribution in [1.82, 2.24) is 13.3 Å². The minimum atomic E-state index is -3.56. The Labute approximate surface area is 99.5 Å². The fourth-order valence-corrected chi connectivity index (χ4v) is 1.73. The van der Waals surface area contributed by atoms with E-state index in [2.05, 4.69) is 9.72 Å². The highest BCUT2D eigenvalue weighted by molar-refractivity contribution is 7.87. The zero-order valence-electron chi connectivity index (χ0n) is 9.69. The van der Waals surface area contributed by atoms with Gasteiger partial charge >= 0.3 is 16.2 Å². The first-order valence-electron chi connectivity index (χ1n) is 4.61. The highest BCUT2D eigenvalue weighted by Crippen LogP contribution is 2.05. The van der Waals surface area contributed by atoms with Crippen LogP contribution in [-0.4, -0.2) is 48.9 Å². The van der Waals surface area contributed by atoms with E-state index in [1.807, 2.05) is 0 Å². The molecule has 0 amide bonds. The van der Waals surface area contributed by atoms with Gasteiger partial charge in [-0.25, -0.2) is 13.8 Å². The van der Waals surface area contributed by atoms with E-state index in [1.54, 1.807) is 0 Å². The van der Waals surface area contributed by atoms with Gasteiger partial charge in [0.15, 0.2) is 0 Å². The average molecular weight is 259 g/mol. The van der Waals surface area contributed by atoms with E-state index in [0.717, 1.165) is 20.7 Å². The van der Waals surface area contributed by atoms with Gasteiger partial charge in [0.2, 0.25) is 0 Å². The van der Waals surface area contributed by atoms with Crippen molar-refractivity contribution in [2.45, 2.75) is 0 Å². The van der Waals surface area contributed by atoms with Crippen molar-refractivity contribution < 1.29 is 17.9 Å². The minimum Gasteiger partial charge on any atom is -0.466 e. The Morgan fingerprint density at radius 2 is 2.18 bits per heavy atom. The highest BCUT2D eigenvalue weighted by atomic mass is 32.2. The van der Waals surface area contributed by atoms with Crippen LogP contribution in [0.15, 0.2) is 18.6 Å². The molecular formula is C9H13N3O4S. The van der Waals surface area contributed by atoms with Gasteiger partial charge in [0, 0.05) is 26.4 Å². The molecule has 0 N–H and O–H groups in total. The van der Waals surface area contributed by atoms with Gasteiger partial charge in [-0.2, -0.15) is 12.7 Å². The summed E-state index contributed by atoms with van der Waals surface area (Å²) in [4.78, 5) is 14.7. The van der Waals surface area contributed by atoms with Crippen LogP contribution >= 0.6 is 0 Å². The first-order valence-corrected chi connectivity index (χ1v) is 6.00. The summed E-state index contributed by atoms with van der Waals surface area (Å²) in [6, 6.07) is 0. The third kappa shape index (κ3) is 3.14. The zero-order chi connectivity index (χ0) is 13.1. The third-order valence-corrected chi connectivity index (χ3v) is 3.55. The van der Waals surface area contributed by atoms with Gasteiger partial charge in [0.25, 0.3) is 0 Å². The lowest BCUT2D eigenvalue weighted by Crippen LogP contribution is -2.27. The monoisotopic (exact) mass is 259 g/mol. The van der Waals surface area contributed by atoms with Crippen molar-refractivity contribution in [3.63, 3.8) is 0 Å². The van der Waals surface area contributed by atoms with Crippen LogP contribution in [0.4, 0.5) is 0 Å². The Morgan fingerprint density at radius 1 is 1.53 bits per heavy atom. The molecule has 0 aliphatic heterocycles. The van der Waals surface area contributed by atoms with E-state index in [9.17, 15) is 13.2 Å². The molecule has 0 unspecified atom stereocenters. The first kappa shape index (κ1) is 13.4. The summed E-state index contributed by atoms with van der Waals surface area (Å²) in [6.07, 6.45) is 4.99. The first-order chi connectivity index (χ1) is 7.87. The number of carbonyl (C=O) groups excluding carboxylic acids is 1. The summed E-state index contributed by atoms with van der Waals surface area (Å²) in [6.45, 7) is 0. The molecule has 0 aliphatic carbocycles. The molecule has 7 nitrogen and oxygen atoms in total. The van der Waals surface area contributed by atoms with Crippen LogP contribution in [0.3, 0.4) is 0 Å². The number of rotatable bonds is 4. The largest absolute Gasteiger partial charge is 0.466 e. The van der Waals surface area contributed by atoms with E-state index in [0.29, 0.717) is 5.69 Å². The van der Waals surface area contributed by atoms with Gasteiger partial charge < -0.3 is 4.74 Å². The second-order valence-corrected chi connectivity index (χ2v) is 5.32. The van der Waals surface area contributed by atoms with Crippen molar-refractivity contribution in [2.75, 3.05) is 21.2 Å². The number of carbonyl (C=O) groups is 1.